The largest absolute Gasteiger partial charge is 0.322 e. The molecule has 0 spiro atoms. The standard InChI is InChI=1S/C22H15ClN2O2S/c23-19-10-3-7-16-17(19)8-2-9-18(16)21(26)24-14-5-1-6-15(13-14)25-22(27)20-11-4-12-28-20/h1-13H,(H,24,26)(H,25,27). The van der Waals surface area contributed by atoms with Crippen LogP contribution in [0.2, 0.25) is 5.02 Å². The van der Waals surface area contributed by atoms with Crippen LogP contribution in [0.3, 0.4) is 0 Å². The highest BCUT2D eigenvalue weighted by Gasteiger charge is 2.12. The van der Waals surface area contributed by atoms with Gasteiger partial charge >= 0.3 is 0 Å². The van der Waals surface area contributed by atoms with Crippen LogP contribution in [0, 0.1) is 0 Å². The molecule has 28 heavy (non-hydrogen) atoms. The van der Waals surface area contributed by atoms with Crippen molar-refractivity contribution in [2.45, 2.75) is 0 Å². The lowest BCUT2D eigenvalue weighted by Crippen LogP contribution is -2.13. The van der Waals surface area contributed by atoms with E-state index in [4.69, 9.17) is 11.6 Å². The van der Waals surface area contributed by atoms with E-state index in [0.29, 0.717) is 26.8 Å². The quantitative estimate of drug-likeness (QED) is 0.432. The number of hydrogen-bond donors (Lipinski definition) is 2. The number of carbonyl (C=O) groups excluding carboxylic acids is 2. The topological polar surface area (TPSA) is 58.2 Å². The summed E-state index contributed by atoms with van der Waals surface area (Å²) in [5.41, 5.74) is 1.73. The number of benzene rings is 3. The highest BCUT2D eigenvalue weighted by Crippen LogP contribution is 2.27. The summed E-state index contributed by atoms with van der Waals surface area (Å²) in [6.07, 6.45) is 0. The molecular formula is C22H15ClN2O2S. The van der Waals surface area contributed by atoms with Gasteiger partial charge in [-0.15, -0.1) is 11.3 Å². The summed E-state index contributed by atoms with van der Waals surface area (Å²) in [5.74, 6) is -0.420. The molecule has 0 unspecified atom stereocenters. The van der Waals surface area contributed by atoms with Gasteiger partial charge in [0, 0.05) is 27.3 Å². The predicted molar refractivity (Wildman–Crippen MR) is 116 cm³/mol. The fourth-order valence-electron chi connectivity index (χ4n) is 2.94. The van der Waals surface area contributed by atoms with E-state index in [9.17, 15) is 9.59 Å². The van der Waals surface area contributed by atoms with Crippen LogP contribution in [-0.2, 0) is 0 Å². The Morgan fingerprint density at radius 3 is 2.18 bits per heavy atom. The molecule has 0 saturated heterocycles. The number of anilines is 2. The first-order valence-corrected chi connectivity index (χ1v) is 9.81. The third-order valence-corrected chi connectivity index (χ3v) is 5.43. The summed E-state index contributed by atoms with van der Waals surface area (Å²) < 4.78 is 0. The van der Waals surface area contributed by atoms with Crippen LogP contribution < -0.4 is 10.6 Å². The fraction of sp³-hybridized carbons (Fsp3) is 0. The lowest BCUT2D eigenvalue weighted by atomic mass is 10.0. The van der Waals surface area contributed by atoms with Crippen molar-refractivity contribution in [1.29, 1.82) is 0 Å². The van der Waals surface area contributed by atoms with Crippen LogP contribution in [0.25, 0.3) is 10.8 Å². The number of halogens is 1. The van der Waals surface area contributed by atoms with E-state index in [1.807, 2.05) is 29.6 Å². The van der Waals surface area contributed by atoms with Gasteiger partial charge in [0.05, 0.1) is 4.88 Å². The van der Waals surface area contributed by atoms with Crippen molar-refractivity contribution >= 4 is 56.9 Å². The third-order valence-electron chi connectivity index (χ3n) is 4.24. The van der Waals surface area contributed by atoms with Gasteiger partial charge in [-0.2, -0.15) is 0 Å². The lowest BCUT2D eigenvalue weighted by molar-refractivity contribution is 0.102. The average molecular weight is 407 g/mol. The Balaban J connectivity index is 1.56. The number of thiophene rings is 1. The lowest BCUT2D eigenvalue weighted by Gasteiger charge is -2.10. The Labute approximate surface area is 170 Å². The number of hydrogen-bond acceptors (Lipinski definition) is 3. The summed E-state index contributed by atoms with van der Waals surface area (Å²) in [7, 11) is 0. The summed E-state index contributed by atoms with van der Waals surface area (Å²) in [6, 6.07) is 21.6. The number of nitrogens with one attached hydrogen (secondary N) is 2. The van der Waals surface area contributed by atoms with Gasteiger partial charge in [-0.3, -0.25) is 9.59 Å². The monoisotopic (exact) mass is 406 g/mol. The van der Waals surface area contributed by atoms with E-state index < -0.39 is 0 Å². The predicted octanol–water partition coefficient (Wildman–Crippen LogP) is 6.06. The summed E-state index contributed by atoms with van der Waals surface area (Å²) >= 11 is 7.61. The van der Waals surface area contributed by atoms with Gasteiger partial charge in [-0.1, -0.05) is 48.0 Å². The fourth-order valence-corrected chi connectivity index (χ4v) is 3.80. The number of amides is 2. The van der Waals surface area contributed by atoms with Gasteiger partial charge in [0.25, 0.3) is 11.8 Å². The summed E-state index contributed by atoms with van der Waals surface area (Å²) in [5, 5.41) is 9.79. The second-order valence-corrected chi connectivity index (χ2v) is 7.46. The van der Waals surface area contributed by atoms with Crippen LogP contribution in [0.1, 0.15) is 20.0 Å². The van der Waals surface area contributed by atoms with Crippen molar-refractivity contribution < 1.29 is 9.59 Å². The zero-order valence-corrected chi connectivity index (χ0v) is 16.2. The van der Waals surface area contributed by atoms with E-state index in [1.54, 1.807) is 48.5 Å². The normalized spacial score (nSPS) is 10.6. The molecule has 0 atom stereocenters. The van der Waals surface area contributed by atoms with Gasteiger partial charge in [-0.05, 0) is 47.2 Å². The van der Waals surface area contributed by atoms with Crippen LogP contribution in [0.4, 0.5) is 11.4 Å². The maximum absolute atomic E-state index is 12.8. The second-order valence-electron chi connectivity index (χ2n) is 6.11. The zero-order chi connectivity index (χ0) is 19.5. The smallest absolute Gasteiger partial charge is 0.265 e. The molecule has 3 aromatic carbocycles. The summed E-state index contributed by atoms with van der Waals surface area (Å²) in [6.45, 7) is 0. The molecule has 0 aliphatic carbocycles. The Morgan fingerprint density at radius 1 is 0.750 bits per heavy atom. The number of rotatable bonds is 4. The molecule has 0 aliphatic heterocycles. The maximum atomic E-state index is 12.8. The highest BCUT2D eigenvalue weighted by molar-refractivity contribution is 7.12. The van der Waals surface area contributed by atoms with Crippen molar-refractivity contribution in [2.75, 3.05) is 10.6 Å². The first kappa shape index (κ1) is 18.2. The van der Waals surface area contributed by atoms with Crippen LogP contribution in [0.15, 0.2) is 78.2 Å². The van der Waals surface area contributed by atoms with Crippen LogP contribution in [0.5, 0.6) is 0 Å². The minimum Gasteiger partial charge on any atom is -0.322 e. The Bertz CT molecular complexity index is 1170. The molecule has 4 aromatic rings. The van der Waals surface area contributed by atoms with Gasteiger partial charge in [-0.25, -0.2) is 0 Å². The first-order chi connectivity index (χ1) is 13.6. The SMILES string of the molecule is O=C(Nc1cccc(NC(=O)c2cccc3c(Cl)cccc23)c1)c1cccs1. The molecule has 4 nitrogen and oxygen atoms in total. The Morgan fingerprint density at radius 2 is 1.43 bits per heavy atom. The van der Waals surface area contributed by atoms with E-state index in [2.05, 4.69) is 10.6 Å². The molecule has 138 valence electrons. The molecule has 0 radical (unpaired) electrons. The number of carbonyl (C=O) groups is 2. The van der Waals surface area contributed by atoms with Gasteiger partial charge < -0.3 is 10.6 Å². The van der Waals surface area contributed by atoms with Gasteiger partial charge in [0.1, 0.15) is 0 Å². The average Bonchev–Trinajstić information content (AvgIpc) is 3.23. The van der Waals surface area contributed by atoms with Gasteiger partial charge in [0.2, 0.25) is 0 Å². The molecule has 1 heterocycles. The van der Waals surface area contributed by atoms with Crippen molar-refractivity contribution in [3.05, 3.63) is 93.6 Å². The van der Waals surface area contributed by atoms with Crippen molar-refractivity contribution in [2.24, 2.45) is 0 Å². The van der Waals surface area contributed by atoms with Crippen molar-refractivity contribution in [3.63, 3.8) is 0 Å². The van der Waals surface area contributed by atoms with Crippen LogP contribution in [-0.4, -0.2) is 11.8 Å². The molecule has 1 aromatic heterocycles. The minimum absolute atomic E-state index is 0.179. The Kier molecular flexibility index (Phi) is 5.10. The molecule has 2 N–H and O–H groups in total. The summed E-state index contributed by atoms with van der Waals surface area (Å²) in [4.78, 5) is 25.7. The molecule has 0 saturated carbocycles. The van der Waals surface area contributed by atoms with E-state index in [-0.39, 0.29) is 11.8 Å². The van der Waals surface area contributed by atoms with Crippen molar-refractivity contribution in [1.82, 2.24) is 0 Å². The van der Waals surface area contributed by atoms with E-state index >= 15 is 0 Å². The van der Waals surface area contributed by atoms with E-state index in [0.717, 1.165) is 10.8 Å². The van der Waals surface area contributed by atoms with E-state index in [1.165, 1.54) is 11.3 Å². The molecule has 2 amide bonds. The third kappa shape index (κ3) is 3.76. The maximum Gasteiger partial charge on any atom is 0.265 e. The molecule has 6 heteroatoms. The van der Waals surface area contributed by atoms with Crippen molar-refractivity contribution in [3.8, 4) is 0 Å². The second kappa shape index (κ2) is 7.84. The minimum atomic E-state index is -0.241. The highest BCUT2D eigenvalue weighted by atomic mass is 35.5. The molecule has 0 bridgehead atoms. The van der Waals surface area contributed by atoms with Gasteiger partial charge in [0.15, 0.2) is 0 Å². The van der Waals surface area contributed by atoms with Crippen LogP contribution >= 0.6 is 22.9 Å². The molecule has 4 rings (SSSR count). The molecule has 0 aliphatic rings. The Hall–Kier alpha value is -3.15. The molecular weight excluding hydrogens is 392 g/mol. The zero-order valence-electron chi connectivity index (χ0n) is 14.6. The first-order valence-electron chi connectivity index (χ1n) is 8.55. The molecule has 0 fully saturated rings. The number of fused-ring (bicyclic) bond motifs is 1.